The zero-order valence-electron chi connectivity index (χ0n) is 8.89. The van der Waals surface area contributed by atoms with Gasteiger partial charge >= 0.3 is 11.9 Å². The minimum Gasteiger partial charge on any atom is -0.481 e. The first kappa shape index (κ1) is 13.9. The Bertz CT molecular complexity index is 203. The zero-order chi connectivity index (χ0) is 11.7. The Balaban J connectivity index is 3.63. The first-order valence-electron chi connectivity index (χ1n) is 4.49. The molecule has 15 heavy (non-hydrogen) atoms. The summed E-state index contributed by atoms with van der Waals surface area (Å²) in [6, 6.07) is 0. The van der Waals surface area contributed by atoms with E-state index < -0.39 is 11.9 Å². The van der Waals surface area contributed by atoms with Crippen molar-refractivity contribution in [2.45, 2.75) is 18.9 Å². The lowest BCUT2D eigenvalue weighted by molar-refractivity contribution is -0.151. The van der Waals surface area contributed by atoms with Crippen LogP contribution in [0.4, 0.5) is 0 Å². The van der Waals surface area contributed by atoms with Gasteiger partial charge in [-0.1, -0.05) is 0 Å². The van der Waals surface area contributed by atoms with E-state index in [9.17, 15) is 9.59 Å². The zero-order valence-corrected chi connectivity index (χ0v) is 8.89. The minimum absolute atomic E-state index is 0.0722. The molecule has 0 bridgehead atoms. The molecule has 0 aliphatic heterocycles. The van der Waals surface area contributed by atoms with E-state index in [1.54, 1.807) is 0 Å². The van der Waals surface area contributed by atoms with Gasteiger partial charge in [0.05, 0.1) is 19.4 Å². The number of rotatable bonds is 8. The predicted octanol–water partition coefficient (Wildman–Crippen LogP) is 0.0558. The van der Waals surface area contributed by atoms with Crippen molar-refractivity contribution >= 4 is 11.9 Å². The number of carbonyl (C=O) groups excluding carboxylic acids is 1. The van der Waals surface area contributed by atoms with Crippen molar-refractivity contribution in [1.29, 1.82) is 0 Å². The summed E-state index contributed by atoms with van der Waals surface area (Å²) in [4.78, 5) is 21.1. The van der Waals surface area contributed by atoms with Gasteiger partial charge in [-0.15, -0.1) is 0 Å². The normalized spacial score (nSPS) is 12.1. The molecule has 0 radical (unpaired) electrons. The fourth-order valence-electron chi connectivity index (χ4n) is 0.837. The average Bonchev–Trinajstić information content (AvgIpc) is 2.21. The molecule has 1 N–H and O–H groups in total. The lowest BCUT2D eigenvalue weighted by atomic mass is 10.3. The second-order valence-corrected chi connectivity index (χ2v) is 2.89. The molecule has 6 heteroatoms. The summed E-state index contributed by atoms with van der Waals surface area (Å²) >= 11 is 0. The van der Waals surface area contributed by atoms with Gasteiger partial charge in [0.15, 0.2) is 0 Å². The molecule has 0 unspecified atom stereocenters. The number of esters is 1. The van der Waals surface area contributed by atoms with Gasteiger partial charge < -0.3 is 19.3 Å². The van der Waals surface area contributed by atoms with Crippen molar-refractivity contribution in [3.05, 3.63) is 0 Å². The fraction of sp³-hybridized carbons (Fsp3) is 0.778. The molecule has 0 rings (SSSR count). The smallest absolute Gasteiger partial charge is 0.306 e. The molecule has 6 nitrogen and oxygen atoms in total. The molecule has 0 fully saturated rings. The van der Waals surface area contributed by atoms with Crippen LogP contribution in [0.3, 0.4) is 0 Å². The predicted molar refractivity (Wildman–Crippen MR) is 50.5 cm³/mol. The third kappa shape index (κ3) is 7.90. The summed E-state index contributed by atoms with van der Waals surface area (Å²) in [5, 5.41) is 8.32. The second-order valence-electron chi connectivity index (χ2n) is 2.89. The van der Waals surface area contributed by atoms with Crippen molar-refractivity contribution in [2.24, 2.45) is 0 Å². The quantitative estimate of drug-likeness (QED) is 0.582. The number of methoxy groups -OCH3 is 2. The minimum atomic E-state index is -1.02. The summed E-state index contributed by atoms with van der Waals surface area (Å²) in [7, 11) is 2.99. The van der Waals surface area contributed by atoms with Crippen LogP contribution in [0.15, 0.2) is 0 Å². The van der Waals surface area contributed by atoms with E-state index in [1.807, 2.05) is 0 Å². The Labute approximate surface area is 88.1 Å². The highest BCUT2D eigenvalue weighted by Crippen LogP contribution is 1.97. The van der Waals surface area contributed by atoms with Crippen LogP contribution in [0.5, 0.6) is 0 Å². The molecular weight excluding hydrogens is 204 g/mol. The number of carboxylic acid groups (broad SMARTS) is 1. The summed E-state index contributed by atoms with van der Waals surface area (Å²) in [6.07, 6.45) is -0.664. The van der Waals surface area contributed by atoms with Gasteiger partial charge in [0.1, 0.15) is 12.7 Å². The van der Waals surface area contributed by atoms with Crippen LogP contribution in [-0.2, 0) is 23.8 Å². The molecule has 0 heterocycles. The largest absolute Gasteiger partial charge is 0.481 e. The highest BCUT2D eigenvalue weighted by molar-refractivity contribution is 5.76. The van der Waals surface area contributed by atoms with Crippen molar-refractivity contribution in [3.8, 4) is 0 Å². The van der Waals surface area contributed by atoms with E-state index in [0.29, 0.717) is 6.61 Å². The fourth-order valence-corrected chi connectivity index (χ4v) is 0.837. The molecule has 0 aromatic heterocycles. The van der Waals surface area contributed by atoms with Gasteiger partial charge in [-0.05, 0) is 0 Å². The molecule has 0 aliphatic carbocycles. The Kier molecular flexibility index (Phi) is 7.57. The Morgan fingerprint density at radius 3 is 2.33 bits per heavy atom. The van der Waals surface area contributed by atoms with E-state index in [1.165, 1.54) is 14.2 Å². The molecule has 0 spiro atoms. The van der Waals surface area contributed by atoms with Gasteiger partial charge in [0.25, 0.3) is 0 Å². The van der Waals surface area contributed by atoms with Gasteiger partial charge in [-0.2, -0.15) is 0 Å². The van der Waals surface area contributed by atoms with E-state index >= 15 is 0 Å². The molecule has 88 valence electrons. The molecule has 0 saturated carbocycles. The maximum atomic E-state index is 11.0. The molecule has 0 aliphatic rings. The van der Waals surface area contributed by atoms with Crippen LogP contribution in [0, 0.1) is 0 Å². The first-order chi connectivity index (χ1) is 7.10. The average molecular weight is 220 g/mol. The van der Waals surface area contributed by atoms with E-state index in [4.69, 9.17) is 19.3 Å². The van der Waals surface area contributed by atoms with Gasteiger partial charge in [0.2, 0.25) is 0 Å². The molecule has 0 amide bonds. The molecular formula is C9H16O6. The third-order valence-corrected chi connectivity index (χ3v) is 1.66. The van der Waals surface area contributed by atoms with Crippen LogP contribution in [0.1, 0.15) is 12.8 Å². The van der Waals surface area contributed by atoms with E-state index in [2.05, 4.69) is 0 Å². The van der Waals surface area contributed by atoms with Crippen LogP contribution in [0.25, 0.3) is 0 Å². The molecule has 1 atom stereocenters. The van der Waals surface area contributed by atoms with Gasteiger partial charge in [-0.3, -0.25) is 9.59 Å². The standard InChI is InChI=1S/C9H16O6/c1-13-5-7(14-2)6-15-9(12)4-3-8(10)11/h7H,3-6H2,1-2H3,(H,10,11)/t7-/m1/s1. The topological polar surface area (TPSA) is 82.1 Å². The number of aliphatic carboxylic acids is 1. The van der Waals surface area contributed by atoms with Crippen molar-refractivity contribution in [1.82, 2.24) is 0 Å². The van der Waals surface area contributed by atoms with E-state index in [0.717, 1.165) is 0 Å². The van der Waals surface area contributed by atoms with Crippen molar-refractivity contribution in [3.63, 3.8) is 0 Å². The highest BCUT2D eigenvalue weighted by atomic mass is 16.6. The maximum Gasteiger partial charge on any atom is 0.306 e. The summed E-state index contributed by atoms with van der Waals surface area (Å²) < 4.78 is 14.6. The second kappa shape index (κ2) is 8.19. The lowest BCUT2D eigenvalue weighted by Gasteiger charge is -2.13. The summed E-state index contributed by atoms with van der Waals surface area (Å²) in [5.74, 6) is -1.57. The first-order valence-corrected chi connectivity index (χ1v) is 4.49. The van der Waals surface area contributed by atoms with Crippen LogP contribution >= 0.6 is 0 Å². The molecule has 0 aromatic rings. The summed E-state index contributed by atoms with van der Waals surface area (Å²) in [6.45, 7) is 0.394. The number of ether oxygens (including phenoxy) is 3. The van der Waals surface area contributed by atoms with Gasteiger partial charge in [0, 0.05) is 14.2 Å². The Morgan fingerprint density at radius 2 is 1.87 bits per heavy atom. The van der Waals surface area contributed by atoms with E-state index in [-0.39, 0.29) is 25.6 Å². The monoisotopic (exact) mass is 220 g/mol. The van der Waals surface area contributed by atoms with Crippen LogP contribution in [-0.4, -0.2) is 50.6 Å². The lowest BCUT2D eigenvalue weighted by Crippen LogP contribution is -2.25. The molecule has 0 aromatic carbocycles. The van der Waals surface area contributed by atoms with Crippen molar-refractivity contribution < 1.29 is 28.9 Å². The third-order valence-electron chi connectivity index (χ3n) is 1.66. The molecule has 0 saturated heterocycles. The van der Waals surface area contributed by atoms with Crippen molar-refractivity contribution in [2.75, 3.05) is 27.4 Å². The number of hydrogen-bond donors (Lipinski definition) is 1. The number of hydrogen-bond acceptors (Lipinski definition) is 5. The van der Waals surface area contributed by atoms with Gasteiger partial charge in [-0.25, -0.2) is 0 Å². The van der Waals surface area contributed by atoms with Crippen LogP contribution in [0.2, 0.25) is 0 Å². The summed E-state index contributed by atoms with van der Waals surface area (Å²) in [5.41, 5.74) is 0. The SMILES string of the molecule is COC[C@H](COC(=O)CCC(=O)O)OC. The highest BCUT2D eigenvalue weighted by Gasteiger charge is 2.11. The Morgan fingerprint density at radius 1 is 1.20 bits per heavy atom. The number of carbonyl (C=O) groups is 2. The van der Waals surface area contributed by atoms with Crippen LogP contribution < -0.4 is 0 Å². The maximum absolute atomic E-state index is 11.0. The Hall–Kier alpha value is -1.14. The number of carboxylic acids is 1.